The van der Waals surface area contributed by atoms with Crippen molar-refractivity contribution in [2.45, 2.75) is 0 Å². The molecular formula is C10H9IO2. The molecule has 1 aromatic rings. The number of esters is 1. The SMILES string of the molecule is C=C(C(=O)OC)c1ccc(I)cc1. The van der Waals surface area contributed by atoms with E-state index in [0.717, 1.165) is 9.13 Å². The lowest BCUT2D eigenvalue weighted by Gasteiger charge is -2.02. The lowest BCUT2D eigenvalue weighted by Crippen LogP contribution is -2.02. The number of carbonyl (C=O) groups is 1. The molecule has 1 rings (SSSR count). The Bertz CT molecular complexity index is 327. The van der Waals surface area contributed by atoms with Gasteiger partial charge in [0.25, 0.3) is 0 Å². The van der Waals surface area contributed by atoms with Crippen molar-refractivity contribution in [1.82, 2.24) is 0 Å². The average Bonchev–Trinajstić information content (AvgIpc) is 2.17. The molecule has 0 aliphatic rings. The van der Waals surface area contributed by atoms with Crippen molar-refractivity contribution in [3.05, 3.63) is 40.0 Å². The molecule has 0 fully saturated rings. The van der Waals surface area contributed by atoms with E-state index in [-0.39, 0.29) is 5.97 Å². The van der Waals surface area contributed by atoms with Gasteiger partial charge in [0.05, 0.1) is 12.7 Å². The predicted octanol–water partition coefficient (Wildman–Crippen LogP) is 2.48. The van der Waals surface area contributed by atoms with E-state index in [1.165, 1.54) is 7.11 Å². The molecule has 68 valence electrons. The molecule has 1 aromatic carbocycles. The minimum Gasteiger partial charge on any atom is -0.465 e. The van der Waals surface area contributed by atoms with E-state index in [1.54, 1.807) is 0 Å². The highest BCUT2D eigenvalue weighted by Gasteiger charge is 2.08. The Morgan fingerprint density at radius 2 is 1.92 bits per heavy atom. The first-order chi connectivity index (χ1) is 6.15. The molecule has 2 nitrogen and oxygen atoms in total. The summed E-state index contributed by atoms with van der Waals surface area (Å²) in [6.07, 6.45) is 0. The van der Waals surface area contributed by atoms with E-state index < -0.39 is 0 Å². The van der Waals surface area contributed by atoms with E-state index >= 15 is 0 Å². The number of ether oxygens (including phenoxy) is 1. The largest absolute Gasteiger partial charge is 0.465 e. The summed E-state index contributed by atoms with van der Waals surface area (Å²) in [7, 11) is 1.35. The molecule has 0 heterocycles. The van der Waals surface area contributed by atoms with Crippen LogP contribution in [0.5, 0.6) is 0 Å². The second kappa shape index (κ2) is 4.41. The maximum Gasteiger partial charge on any atom is 0.337 e. The summed E-state index contributed by atoms with van der Waals surface area (Å²) in [4.78, 5) is 11.1. The van der Waals surface area contributed by atoms with Crippen LogP contribution in [-0.4, -0.2) is 13.1 Å². The van der Waals surface area contributed by atoms with Gasteiger partial charge in [0, 0.05) is 3.57 Å². The minimum absolute atomic E-state index is 0.388. The third kappa shape index (κ3) is 2.55. The molecule has 0 N–H and O–H groups in total. The normalized spacial score (nSPS) is 9.38. The molecule has 0 unspecified atom stereocenters. The number of hydrogen-bond donors (Lipinski definition) is 0. The lowest BCUT2D eigenvalue weighted by molar-refractivity contribution is -0.133. The van der Waals surface area contributed by atoms with Gasteiger partial charge in [0.15, 0.2) is 0 Å². The van der Waals surface area contributed by atoms with Crippen LogP contribution in [0.1, 0.15) is 5.56 Å². The Labute approximate surface area is 90.7 Å². The molecule has 0 saturated heterocycles. The summed E-state index contributed by atoms with van der Waals surface area (Å²) in [5, 5.41) is 0. The average molecular weight is 288 g/mol. The number of benzene rings is 1. The first-order valence-electron chi connectivity index (χ1n) is 3.68. The summed E-state index contributed by atoms with van der Waals surface area (Å²) in [6.45, 7) is 3.65. The zero-order valence-electron chi connectivity index (χ0n) is 7.21. The van der Waals surface area contributed by atoms with Crippen molar-refractivity contribution in [3.63, 3.8) is 0 Å². The van der Waals surface area contributed by atoms with E-state index in [0.29, 0.717) is 5.57 Å². The van der Waals surface area contributed by atoms with Crippen LogP contribution < -0.4 is 0 Å². The van der Waals surface area contributed by atoms with Gasteiger partial charge in [-0.3, -0.25) is 0 Å². The van der Waals surface area contributed by atoms with Crippen LogP contribution in [0, 0.1) is 3.57 Å². The van der Waals surface area contributed by atoms with Gasteiger partial charge in [-0.1, -0.05) is 18.7 Å². The minimum atomic E-state index is -0.388. The van der Waals surface area contributed by atoms with E-state index in [4.69, 9.17) is 0 Å². The fourth-order valence-electron chi connectivity index (χ4n) is 0.892. The van der Waals surface area contributed by atoms with Gasteiger partial charge in [-0.05, 0) is 40.3 Å². The molecule has 0 spiro atoms. The van der Waals surface area contributed by atoms with Crippen molar-refractivity contribution in [1.29, 1.82) is 0 Å². The second-order valence-corrected chi connectivity index (χ2v) is 3.72. The quantitative estimate of drug-likeness (QED) is 0.475. The van der Waals surface area contributed by atoms with Crippen LogP contribution >= 0.6 is 22.6 Å². The summed E-state index contributed by atoms with van der Waals surface area (Å²) in [5.41, 5.74) is 1.19. The van der Waals surface area contributed by atoms with Crippen molar-refractivity contribution < 1.29 is 9.53 Å². The molecule has 13 heavy (non-hydrogen) atoms. The maximum atomic E-state index is 11.1. The van der Waals surface area contributed by atoms with Crippen LogP contribution in [-0.2, 0) is 9.53 Å². The molecular weight excluding hydrogens is 279 g/mol. The molecule has 0 aliphatic carbocycles. The van der Waals surface area contributed by atoms with Crippen molar-refractivity contribution >= 4 is 34.1 Å². The summed E-state index contributed by atoms with van der Waals surface area (Å²) in [6, 6.07) is 7.54. The Morgan fingerprint density at radius 1 is 1.38 bits per heavy atom. The van der Waals surface area contributed by atoms with Gasteiger partial charge in [-0.15, -0.1) is 0 Å². The monoisotopic (exact) mass is 288 g/mol. The fourth-order valence-corrected chi connectivity index (χ4v) is 1.25. The number of carbonyl (C=O) groups excluding carboxylic acids is 1. The van der Waals surface area contributed by atoms with Crippen LogP contribution in [0.4, 0.5) is 0 Å². The predicted molar refractivity (Wildman–Crippen MR) is 60.2 cm³/mol. The van der Waals surface area contributed by atoms with Crippen molar-refractivity contribution in [2.24, 2.45) is 0 Å². The van der Waals surface area contributed by atoms with Crippen molar-refractivity contribution in [3.8, 4) is 0 Å². The molecule has 0 aromatic heterocycles. The topological polar surface area (TPSA) is 26.3 Å². The second-order valence-electron chi connectivity index (χ2n) is 2.48. The van der Waals surface area contributed by atoms with Crippen molar-refractivity contribution in [2.75, 3.05) is 7.11 Å². The Morgan fingerprint density at radius 3 is 2.38 bits per heavy atom. The fraction of sp³-hybridized carbons (Fsp3) is 0.100. The molecule has 0 amide bonds. The number of rotatable bonds is 2. The van der Waals surface area contributed by atoms with Gasteiger partial charge in [0.1, 0.15) is 0 Å². The number of halogens is 1. The third-order valence-electron chi connectivity index (χ3n) is 1.62. The van der Waals surface area contributed by atoms with Crippen LogP contribution in [0.15, 0.2) is 30.8 Å². The van der Waals surface area contributed by atoms with E-state index in [9.17, 15) is 4.79 Å². The van der Waals surface area contributed by atoms with Crippen LogP contribution in [0.2, 0.25) is 0 Å². The van der Waals surface area contributed by atoms with Gasteiger partial charge in [-0.25, -0.2) is 4.79 Å². The lowest BCUT2D eigenvalue weighted by atomic mass is 10.1. The van der Waals surface area contributed by atoms with E-state index in [2.05, 4.69) is 33.9 Å². The standard InChI is InChI=1S/C10H9IO2/c1-7(10(12)13-2)8-3-5-9(11)6-4-8/h3-6H,1H2,2H3. The summed E-state index contributed by atoms with van der Waals surface area (Å²) in [5.74, 6) is -0.388. The molecule has 0 bridgehead atoms. The molecule has 0 saturated carbocycles. The smallest absolute Gasteiger partial charge is 0.337 e. The third-order valence-corrected chi connectivity index (χ3v) is 2.34. The van der Waals surface area contributed by atoms with Gasteiger partial charge in [0.2, 0.25) is 0 Å². The Hall–Kier alpha value is -0.840. The van der Waals surface area contributed by atoms with Crippen LogP contribution in [0.25, 0.3) is 5.57 Å². The Kier molecular flexibility index (Phi) is 3.48. The zero-order valence-corrected chi connectivity index (χ0v) is 9.37. The number of hydrogen-bond acceptors (Lipinski definition) is 2. The summed E-state index contributed by atoms with van der Waals surface area (Å²) < 4.78 is 5.68. The first kappa shape index (κ1) is 10.2. The molecule has 0 aliphatic heterocycles. The Balaban J connectivity index is 2.90. The van der Waals surface area contributed by atoms with Gasteiger partial charge in [-0.2, -0.15) is 0 Å². The van der Waals surface area contributed by atoms with E-state index in [1.807, 2.05) is 24.3 Å². The summed E-state index contributed by atoms with van der Waals surface area (Å²) >= 11 is 2.20. The molecule has 0 radical (unpaired) electrons. The molecule has 0 atom stereocenters. The maximum absolute atomic E-state index is 11.1. The number of methoxy groups -OCH3 is 1. The molecule has 3 heteroatoms. The first-order valence-corrected chi connectivity index (χ1v) is 4.76. The zero-order chi connectivity index (χ0) is 9.84. The highest BCUT2D eigenvalue weighted by Crippen LogP contribution is 2.15. The highest BCUT2D eigenvalue weighted by molar-refractivity contribution is 14.1. The van der Waals surface area contributed by atoms with Gasteiger partial charge < -0.3 is 4.74 Å². The highest BCUT2D eigenvalue weighted by atomic mass is 127. The van der Waals surface area contributed by atoms with Gasteiger partial charge >= 0.3 is 5.97 Å². The van der Waals surface area contributed by atoms with Crippen LogP contribution in [0.3, 0.4) is 0 Å².